The molecule has 0 unspecified atom stereocenters. The highest BCUT2D eigenvalue weighted by Crippen LogP contribution is 2.22. The van der Waals surface area contributed by atoms with E-state index >= 15 is 0 Å². The summed E-state index contributed by atoms with van der Waals surface area (Å²) in [6, 6.07) is 1.64. The van der Waals surface area contributed by atoms with Crippen molar-refractivity contribution in [3.63, 3.8) is 0 Å². The van der Waals surface area contributed by atoms with Gasteiger partial charge in [-0.05, 0) is 12.5 Å². The Morgan fingerprint density at radius 1 is 1.48 bits per heavy atom. The Morgan fingerprint density at radius 3 is 2.57 bits per heavy atom. The first kappa shape index (κ1) is 16.9. The molecular formula is C12H13F3N2O4. The van der Waals surface area contributed by atoms with Gasteiger partial charge in [-0.1, -0.05) is 0 Å². The lowest BCUT2D eigenvalue weighted by molar-refractivity contribution is -0.385. The number of amides is 1. The summed E-state index contributed by atoms with van der Waals surface area (Å²) in [5.74, 6) is -2.14. The molecule has 0 heterocycles. The number of nitrogens with zero attached hydrogens (tertiary/aromatic N) is 2. The third-order valence-corrected chi connectivity index (χ3v) is 2.70. The standard InChI is InChI=1S/C12H13F3N2O4/c1-7-4-8(17(20)21)5-9(11(7)15)12(19)16(2-3-18)6-10(13)14/h4-5,10,18H,2-3,6H2,1H3. The molecule has 116 valence electrons. The zero-order chi connectivity index (χ0) is 16.2. The summed E-state index contributed by atoms with van der Waals surface area (Å²) < 4.78 is 38.7. The number of aryl methyl sites for hydroxylation is 1. The van der Waals surface area contributed by atoms with E-state index in [1.807, 2.05) is 0 Å². The van der Waals surface area contributed by atoms with Crippen molar-refractivity contribution < 1.29 is 28.0 Å². The van der Waals surface area contributed by atoms with E-state index in [1.165, 1.54) is 6.92 Å². The maximum Gasteiger partial charge on any atom is 0.270 e. The van der Waals surface area contributed by atoms with Crippen molar-refractivity contribution in [3.8, 4) is 0 Å². The summed E-state index contributed by atoms with van der Waals surface area (Å²) in [4.78, 5) is 22.5. The SMILES string of the molecule is Cc1cc([N+](=O)[O-])cc(C(=O)N(CCO)CC(F)F)c1F. The monoisotopic (exact) mass is 306 g/mol. The molecule has 0 aromatic heterocycles. The van der Waals surface area contributed by atoms with Gasteiger partial charge < -0.3 is 10.0 Å². The molecule has 9 heteroatoms. The van der Waals surface area contributed by atoms with Crippen LogP contribution in [-0.2, 0) is 0 Å². The quantitative estimate of drug-likeness (QED) is 0.641. The number of non-ortho nitro benzene ring substituents is 1. The summed E-state index contributed by atoms with van der Waals surface area (Å²) in [6.45, 7) is -0.790. The molecule has 1 aromatic rings. The van der Waals surface area contributed by atoms with Gasteiger partial charge in [-0.15, -0.1) is 0 Å². The number of aliphatic hydroxyl groups excluding tert-OH is 1. The van der Waals surface area contributed by atoms with Gasteiger partial charge in [0.15, 0.2) is 0 Å². The maximum absolute atomic E-state index is 13.9. The van der Waals surface area contributed by atoms with E-state index in [0.29, 0.717) is 11.0 Å². The predicted octanol–water partition coefficient (Wildman–Crippen LogP) is 1.74. The Balaban J connectivity index is 3.23. The van der Waals surface area contributed by atoms with Crippen molar-refractivity contribution in [2.24, 2.45) is 0 Å². The van der Waals surface area contributed by atoms with E-state index in [1.54, 1.807) is 0 Å². The van der Waals surface area contributed by atoms with Crippen molar-refractivity contribution in [3.05, 3.63) is 39.2 Å². The van der Waals surface area contributed by atoms with Crippen molar-refractivity contribution >= 4 is 11.6 Å². The molecule has 0 saturated heterocycles. The number of nitro groups is 1. The Labute approximate surface area is 117 Å². The lowest BCUT2D eigenvalue weighted by Gasteiger charge is -2.21. The summed E-state index contributed by atoms with van der Waals surface area (Å²) >= 11 is 0. The van der Waals surface area contributed by atoms with Crippen LogP contribution in [0.3, 0.4) is 0 Å². The second-order valence-electron chi connectivity index (χ2n) is 4.25. The highest BCUT2D eigenvalue weighted by Gasteiger charge is 2.25. The second kappa shape index (κ2) is 7.02. The molecule has 1 amide bonds. The molecule has 0 spiro atoms. The largest absolute Gasteiger partial charge is 0.395 e. The number of carbonyl (C=O) groups excluding carboxylic acids is 1. The molecule has 0 atom stereocenters. The van der Waals surface area contributed by atoms with Crippen LogP contribution in [0.25, 0.3) is 0 Å². The van der Waals surface area contributed by atoms with E-state index in [0.717, 1.165) is 6.07 Å². The number of aliphatic hydroxyl groups is 1. The molecule has 0 saturated carbocycles. The summed E-state index contributed by atoms with van der Waals surface area (Å²) in [7, 11) is 0. The number of halogens is 3. The first-order chi connectivity index (χ1) is 9.77. The molecule has 0 fully saturated rings. The number of hydrogen-bond donors (Lipinski definition) is 1. The molecule has 1 rings (SSSR count). The molecule has 0 radical (unpaired) electrons. The first-order valence-corrected chi connectivity index (χ1v) is 5.90. The minimum Gasteiger partial charge on any atom is -0.395 e. The fraction of sp³-hybridized carbons (Fsp3) is 0.417. The van der Waals surface area contributed by atoms with Crippen LogP contribution in [0.4, 0.5) is 18.9 Å². The molecule has 1 aromatic carbocycles. The highest BCUT2D eigenvalue weighted by molar-refractivity contribution is 5.95. The van der Waals surface area contributed by atoms with Crippen LogP contribution in [0.2, 0.25) is 0 Å². The number of benzene rings is 1. The van der Waals surface area contributed by atoms with Gasteiger partial charge in [0.05, 0.1) is 23.6 Å². The van der Waals surface area contributed by atoms with Crippen LogP contribution >= 0.6 is 0 Å². The smallest absolute Gasteiger partial charge is 0.270 e. The van der Waals surface area contributed by atoms with Crippen LogP contribution in [0, 0.1) is 22.9 Å². The average Bonchev–Trinajstić information content (AvgIpc) is 2.39. The lowest BCUT2D eigenvalue weighted by Crippen LogP contribution is -2.37. The molecule has 21 heavy (non-hydrogen) atoms. The predicted molar refractivity (Wildman–Crippen MR) is 66.8 cm³/mol. The van der Waals surface area contributed by atoms with E-state index in [9.17, 15) is 28.1 Å². The fourth-order valence-electron chi connectivity index (χ4n) is 1.74. The van der Waals surface area contributed by atoms with Crippen LogP contribution in [-0.4, -0.2) is 47.0 Å². The van der Waals surface area contributed by atoms with Crippen molar-refractivity contribution in [2.75, 3.05) is 19.7 Å². The van der Waals surface area contributed by atoms with Crippen molar-refractivity contribution in [1.82, 2.24) is 4.90 Å². The third-order valence-electron chi connectivity index (χ3n) is 2.70. The number of rotatable bonds is 6. The Morgan fingerprint density at radius 2 is 2.10 bits per heavy atom. The summed E-state index contributed by atoms with van der Waals surface area (Å²) in [6.07, 6.45) is -2.87. The van der Waals surface area contributed by atoms with Crippen LogP contribution in [0.5, 0.6) is 0 Å². The molecule has 0 aliphatic heterocycles. The zero-order valence-electron chi connectivity index (χ0n) is 11.1. The minimum atomic E-state index is -2.87. The van der Waals surface area contributed by atoms with E-state index in [-0.39, 0.29) is 5.56 Å². The number of alkyl halides is 2. The number of carbonyl (C=O) groups is 1. The lowest BCUT2D eigenvalue weighted by atomic mass is 10.1. The topological polar surface area (TPSA) is 83.7 Å². The Bertz CT molecular complexity index is 552. The van der Waals surface area contributed by atoms with Gasteiger partial charge in [0, 0.05) is 18.7 Å². The molecule has 0 aliphatic rings. The maximum atomic E-state index is 13.9. The van der Waals surface area contributed by atoms with Gasteiger partial charge >= 0.3 is 0 Å². The van der Waals surface area contributed by atoms with Crippen molar-refractivity contribution in [1.29, 1.82) is 0 Å². The van der Waals surface area contributed by atoms with E-state index < -0.39 is 54.0 Å². The van der Waals surface area contributed by atoms with Gasteiger partial charge in [0.1, 0.15) is 5.82 Å². The average molecular weight is 306 g/mol. The van der Waals surface area contributed by atoms with Crippen molar-refractivity contribution in [2.45, 2.75) is 13.3 Å². The number of hydrogen-bond acceptors (Lipinski definition) is 4. The van der Waals surface area contributed by atoms with Crippen LogP contribution in [0.15, 0.2) is 12.1 Å². The highest BCUT2D eigenvalue weighted by atomic mass is 19.3. The van der Waals surface area contributed by atoms with Gasteiger partial charge in [-0.25, -0.2) is 13.2 Å². The second-order valence-corrected chi connectivity index (χ2v) is 4.25. The van der Waals surface area contributed by atoms with E-state index in [4.69, 9.17) is 5.11 Å². The molecule has 1 N–H and O–H groups in total. The Kier molecular flexibility index (Phi) is 5.65. The fourth-order valence-corrected chi connectivity index (χ4v) is 1.74. The molecule has 0 bridgehead atoms. The molecule has 0 aliphatic carbocycles. The molecular weight excluding hydrogens is 293 g/mol. The normalized spacial score (nSPS) is 10.8. The first-order valence-electron chi connectivity index (χ1n) is 5.90. The van der Waals surface area contributed by atoms with Crippen LogP contribution in [0.1, 0.15) is 15.9 Å². The number of nitro benzene ring substituents is 1. The van der Waals surface area contributed by atoms with Gasteiger partial charge in [-0.3, -0.25) is 14.9 Å². The van der Waals surface area contributed by atoms with Gasteiger partial charge in [0.2, 0.25) is 0 Å². The molecule has 6 nitrogen and oxygen atoms in total. The summed E-state index contributed by atoms with van der Waals surface area (Å²) in [5.41, 5.74) is -1.33. The van der Waals surface area contributed by atoms with E-state index in [2.05, 4.69) is 0 Å². The third kappa shape index (κ3) is 4.15. The van der Waals surface area contributed by atoms with Gasteiger partial charge in [0.25, 0.3) is 18.0 Å². The Hall–Kier alpha value is -2.16. The van der Waals surface area contributed by atoms with Gasteiger partial charge in [-0.2, -0.15) is 0 Å². The van der Waals surface area contributed by atoms with Crippen LogP contribution < -0.4 is 0 Å². The zero-order valence-corrected chi connectivity index (χ0v) is 11.1. The minimum absolute atomic E-state index is 0.145. The summed E-state index contributed by atoms with van der Waals surface area (Å²) in [5, 5.41) is 19.5.